The Bertz CT molecular complexity index is 1090. The van der Waals surface area contributed by atoms with E-state index in [2.05, 4.69) is 99.4 Å². The maximum absolute atomic E-state index is 4.51. The normalized spacial score (nSPS) is 13.2. The summed E-state index contributed by atoms with van der Waals surface area (Å²) in [5.41, 5.74) is 11.2. The second-order valence-corrected chi connectivity index (χ2v) is 16.9. The minimum absolute atomic E-state index is 0.343. The highest BCUT2D eigenvalue weighted by Crippen LogP contribution is 2.42. The topological polar surface area (TPSA) is 0 Å². The van der Waals surface area contributed by atoms with Gasteiger partial charge in [-0.1, -0.05) is 147 Å². The maximum atomic E-state index is 4.51. The summed E-state index contributed by atoms with van der Waals surface area (Å²) in [6, 6.07) is 5.06. The molecule has 1 unspecified atom stereocenters. The molecule has 0 N–H and O–H groups in total. The molecule has 0 radical (unpaired) electrons. The third kappa shape index (κ3) is 20.6. The van der Waals surface area contributed by atoms with E-state index in [0.717, 1.165) is 12.8 Å². The van der Waals surface area contributed by atoms with E-state index in [1.54, 1.807) is 11.1 Å². The number of benzene rings is 1. The molecule has 0 nitrogen and oxygen atoms in total. The molecule has 0 fully saturated rings. The van der Waals surface area contributed by atoms with Gasteiger partial charge in [0.2, 0.25) is 0 Å². The molecule has 0 aromatic heterocycles. The zero-order valence-corrected chi connectivity index (χ0v) is 34.6. The fraction of sp³-hybridized carbons (Fsp3) is 0.714. The summed E-state index contributed by atoms with van der Waals surface area (Å²) in [4.78, 5) is 0. The number of aryl methyl sites for hydroxylation is 4. The van der Waals surface area contributed by atoms with E-state index in [9.17, 15) is 0 Å². The lowest BCUT2D eigenvalue weighted by molar-refractivity contribution is 0.207. The van der Waals surface area contributed by atoms with Crippen molar-refractivity contribution in [2.75, 3.05) is 0 Å². The predicted molar refractivity (Wildman–Crippen MR) is 225 cm³/mol. The fourth-order valence-corrected chi connectivity index (χ4v) is 8.19. The molecule has 280 valence electrons. The molecule has 0 saturated heterocycles. The van der Waals surface area contributed by atoms with Gasteiger partial charge in [-0.25, -0.2) is 0 Å². The first-order valence-corrected chi connectivity index (χ1v) is 21.2. The molecule has 0 amide bonds. The highest BCUT2D eigenvalue weighted by molar-refractivity contribution is 5.37. The molecule has 0 bridgehead atoms. The minimum atomic E-state index is 0.343. The van der Waals surface area contributed by atoms with Crippen molar-refractivity contribution in [3.63, 3.8) is 0 Å². The molecule has 0 heterocycles. The lowest BCUT2D eigenvalue weighted by atomic mass is 9.70. The van der Waals surface area contributed by atoms with E-state index in [-0.39, 0.29) is 0 Å². The first-order chi connectivity index (χ1) is 23.4. The zero-order valence-electron chi connectivity index (χ0n) is 34.6. The Labute approximate surface area is 308 Å². The standard InChI is InChI=1S/C49H84/c1-12-16-17-21-27-42(6)28-22-19-18-20-23-29-43(7)30-26-36-49(34-14-3,40-41(5)15-4)37-32-47-39-44(8)46(38-45(47)9)31-24-25-35-48(10,11)33-13-2/h23,29,38-39H,5-7,12-22,24-28,30-37,40H2,1-4,8-11H3/b29-23+. The van der Waals surface area contributed by atoms with Crippen LogP contribution in [0.4, 0.5) is 0 Å². The molecule has 1 rings (SSSR count). The largest absolute Gasteiger partial charge is 0.0999 e. The van der Waals surface area contributed by atoms with E-state index in [4.69, 9.17) is 0 Å². The van der Waals surface area contributed by atoms with Crippen LogP contribution in [-0.2, 0) is 12.8 Å². The third-order valence-corrected chi connectivity index (χ3v) is 11.4. The second kappa shape index (κ2) is 26.0. The summed E-state index contributed by atoms with van der Waals surface area (Å²) >= 11 is 0. The molecule has 1 atom stereocenters. The second-order valence-electron chi connectivity index (χ2n) is 16.9. The minimum Gasteiger partial charge on any atom is -0.0999 e. The Balaban J connectivity index is 2.66. The molecule has 0 heteroatoms. The molecule has 0 aliphatic carbocycles. The van der Waals surface area contributed by atoms with Crippen LogP contribution < -0.4 is 0 Å². The summed E-state index contributed by atoms with van der Waals surface area (Å²) in [5, 5.41) is 0. The van der Waals surface area contributed by atoms with Gasteiger partial charge in [-0.05, 0) is 163 Å². The Morgan fingerprint density at radius 2 is 1.22 bits per heavy atom. The van der Waals surface area contributed by atoms with Crippen LogP contribution >= 0.6 is 0 Å². The number of rotatable bonds is 31. The summed E-state index contributed by atoms with van der Waals surface area (Å²) in [6.07, 6.45) is 36.3. The van der Waals surface area contributed by atoms with E-state index in [0.29, 0.717) is 10.8 Å². The van der Waals surface area contributed by atoms with Crippen molar-refractivity contribution in [2.45, 2.75) is 216 Å². The van der Waals surface area contributed by atoms with Gasteiger partial charge in [0.05, 0.1) is 0 Å². The van der Waals surface area contributed by atoms with Crippen molar-refractivity contribution in [2.24, 2.45) is 10.8 Å². The van der Waals surface area contributed by atoms with Crippen LogP contribution in [0.5, 0.6) is 0 Å². The molecular formula is C49H84. The quantitative estimate of drug-likeness (QED) is 0.0418. The third-order valence-electron chi connectivity index (χ3n) is 11.4. The summed E-state index contributed by atoms with van der Waals surface area (Å²) in [6.45, 7) is 32.1. The maximum Gasteiger partial charge on any atom is -0.0257 e. The number of hydrogen-bond acceptors (Lipinski definition) is 0. The van der Waals surface area contributed by atoms with Gasteiger partial charge in [0.15, 0.2) is 0 Å². The summed E-state index contributed by atoms with van der Waals surface area (Å²) in [5.74, 6) is 0. The van der Waals surface area contributed by atoms with Crippen molar-refractivity contribution in [1.29, 1.82) is 0 Å². The van der Waals surface area contributed by atoms with Gasteiger partial charge in [0.25, 0.3) is 0 Å². The van der Waals surface area contributed by atoms with Crippen LogP contribution in [0.25, 0.3) is 0 Å². The first-order valence-electron chi connectivity index (χ1n) is 21.2. The smallest absolute Gasteiger partial charge is 0.0257 e. The van der Waals surface area contributed by atoms with E-state index in [1.807, 2.05) is 0 Å². The van der Waals surface area contributed by atoms with E-state index < -0.39 is 0 Å². The van der Waals surface area contributed by atoms with Crippen LogP contribution in [0, 0.1) is 24.7 Å². The van der Waals surface area contributed by atoms with E-state index in [1.165, 1.54) is 176 Å². The number of allylic oxidation sites excluding steroid dienone is 5. The highest BCUT2D eigenvalue weighted by Gasteiger charge is 2.29. The van der Waals surface area contributed by atoms with Gasteiger partial charge in [-0.3, -0.25) is 0 Å². The average Bonchev–Trinajstić information content (AvgIpc) is 3.05. The lowest BCUT2D eigenvalue weighted by Gasteiger charge is -2.35. The van der Waals surface area contributed by atoms with Crippen molar-refractivity contribution >= 4 is 0 Å². The van der Waals surface area contributed by atoms with Crippen LogP contribution in [0.1, 0.15) is 211 Å². The Morgan fingerprint density at radius 1 is 0.592 bits per heavy atom. The van der Waals surface area contributed by atoms with Gasteiger partial charge >= 0.3 is 0 Å². The van der Waals surface area contributed by atoms with Gasteiger partial charge in [-0.15, -0.1) is 0 Å². The molecular weight excluding hydrogens is 589 g/mol. The van der Waals surface area contributed by atoms with Crippen molar-refractivity contribution in [1.82, 2.24) is 0 Å². The van der Waals surface area contributed by atoms with Crippen LogP contribution in [0.3, 0.4) is 0 Å². The van der Waals surface area contributed by atoms with Gasteiger partial charge in [-0.2, -0.15) is 0 Å². The fourth-order valence-electron chi connectivity index (χ4n) is 8.19. The van der Waals surface area contributed by atoms with E-state index >= 15 is 0 Å². The van der Waals surface area contributed by atoms with Crippen LogP contribution in [0.15, 0.2) is 60.7 Å². The average molecular weight is 673 g/mol. The van der Waals surface area contributed by atoms with Crippen molar-refractivity contribution < 1.29 is 0 Å². The Hall–Kier alpha value is -1.82. The highest BCUT2D eigenvalue weighted by atomic mass is 14.3. The van der Waals surface area contributed by atoms with Crippen molar-refractivity contribution in [3.05, 3.63) is 83.0 Å². The predicted octanol–water partition coefficient (Wildman–Crippen LogP) is 16.7. The molecule has 0 aliphatic rings. The molecule has 0 aliphatic heterocycles. The van der Waals surface area contributed by atoms with Gasteiger partial charge in [0, 0.05) is 0 Å². The van der Waals surface area contributed by atoms with Crippen LogP contribution in [-0.4, -0.2) is 0 Å². The molecule has 49 heavy (non-hydrogen) atoms. The molecule has 1 aromatic rings. The molecule has 0 spiro atoms. The van der Waals surface area contributed by atoms with Gasteiger partial charge < -0.3 is 0 Å². The monoisotopic (exact) mass is 673 g/mol. The molecule has 1 aromatic carbocycles. The van der Waals surface area contributed by atoms with Crippen molar-refractivity contribution in [3.8, 4) is 0 Å². The van der Waals surface area contributed by atoms with Crippen LogP contribution in [0.2, 0.25) is 0 Å². The number of unbranched alkanes of at least 4 members (excludes halogenated alkanes) is 7. The summed E-state index contributed by atoms with van der Waals surface area (Å²) < 4.78 is 0. The summed E-state index contributed by atoms with van der Waals surface area (Å²) in [7, 11) is 0. The number of hydrogen-bond donors (Lipinski definition) is 0. The first kappa shape index (κ1) is 45.2. The zero-order chi connectivity index (χ0) is 36.5. The Morgan fingerprint density at radius 3 is 1.84 bits per heavy atom. The van der Waals surface area contributed by atoms with Gasteiger partial charge in [0.1, 0.15) is 0 Å². The SMILES string of the molecule is C=C(/C=C/CCCCCC(=C)CCCCCC)CCCC(CCC)(CCc1cc(C)c(CCCCC(C)(C)CCC)cc1C)CC(=C)CC. The Kier molecular flexibility index (Phi) is 24.0. The lowest BCUT2D eigenvalue weighted by Crippen LogP contribution is -2.23. The molecule has 0 saturated carbocycles.